The van der Waals surface area contributed by atoms with Crippen LogP contribution in [0.1, 0.15) is 25.7 Å². The molecule has 2 nitrogen and oxygen atoms in total. The summed E-state index contributed by atoms with van der Waals surface area (Å²) in [6.45, 7) is 0. The van der Waals surface area contributed by atoms with Gasteiger partial charge in [-0.3, -0.25) is 0 Å². The summed E-state index contributed by atoms with van der Waals surface area (Å²) in [7, 11) is 1.75. The third kappa shape index (κ3) is 2.71. The van der Waals surface area contributed by atoms with Crippen molar-refractivity contribution in [3.8, 4) is 0 Å². The fourth-order valence-electron chi connectivity index (χ4n) is 2.31. The number of methoxy groups -OCH3 is 1. The Hall–Kier alpha value is -0.230. The van der Waals surface area contributed by atoms with Crippen LogP contribution in [0.15, 0.2) is 30.3 Å². The minimum absolute atomic E-state index is 0.225. The molecular formula is C13H18O2Te. The Morgan fingerprint density at radius 1 is 1.19 bits per heavy atom. The van der Waals surface area contributed by atoms with Crippen molar-refractivity contribution in [2.75, 3.05) is 7.11 Å². The van der Waals surface area contributed by atoms with Crippen LogP contribution in [0.3, 0.4) is 0 Å². The van der Waals surface area contributed by atoms with Crippen LogP contribution >= 0.6 is 0 Å². The van der Waals surface area contributed by atoms with Gasteiger partial charge in [-0.25, -0.2) is 0 Å². The normalized spacial score (nSPS) is 25.9. The van der Waals surface area contributed by atoms with E-state index in [4.69, 9.17) is 4.74 Å². The molecule has 88 valence electrons. The Morgan fingerprint density at radius 3 is 2.56 bits per heavy atom. The molecule has 0 aromatic heterocycles. The zero-order valence-electron chi connectivity index (χ0n) is 9.59. The van der Waals surface area contributed by atoms with Crippen molar-refractivity contribution < 1.29 is 7.84 Å². The molecule has 1 aromatic carbocycles. The molecule has 0 saturated heterocycles. The van der Waals surface area contributed by atoms with Gasteiger partial charge in [0, 0.05) is 0 Å². The molecule has 0 spiro atoms. The number of hydrogen-bond donors (Lipinski definition) is 0. The second-order valence-corrected chi connectivity index (χ2v) is 8.98. The van der Waals surface area contributed by atoms with Crippen LogP contribution in [-0.4, -0.2) is 32.7 Å². The summed E-state index contributed by atoms with van der Waals surface area (Å²) >= 11 is -2.42. The molecule has 2 unspecified atom stereocenters. The molecule has 2 rings (SSSR count). The van der Waals surface area contributed by atoms with Crippen LogP contribution in [0, 0.1) is 0 Å². The predicted molar refractivity (Wildman–Crippen MR) is 65.5 cm³/mol. The summed E-state index contributed by atoms with van der Waals surface area (Å²) in [6, 6.07) is 9.94. The van der Waals surface area contributed by atoms with E-state index in [1.54, 1.807) is 7.11 Å². The molecule has 1 aliphatic rings. The van der Waals surface area contributed by atoms with Crippen molar-refractivity contribution in [1.82, 2.24) is 0 Å². The summed E-state index contributed by atoms with van der Waals surface area (Å²) in [5.41, 5.74) is 0. The number of ether oxygens (including phenoxy) is 1. The van der Waals surface area contributed by atoms with Crippen LogP contribution in [0.2, 0.25) is 3.97 Å². The average molecular weight is 334 g/mol. The Bertz CT molecular complexity index is 350. The van der Waals surface area contributed by atoms with E-state index in [1.165, 1.54) is 12.8 Å². The standard InChI is InChI=1S/C13H18O2Te/c1-15-12-9-5-6-10-13(12)16(14)11-7-3-2-4-8-11/h2-4,7-8,12-13H,5-6,9-10H2,1H3. The summed E-state index contributed by atoms with van der Waals surface area (Å²) < 4.78 is 19.4. The first kappa shape index (κ1) is 12.2. The molecule has 16 heavy (non-hydrogen) atoms. The molecule has 0 heterocycles. The molecule has 0 radical (unpaired) electrons. The Labute approximate surface area is 104 Å². The summed E-state index contributed by atoms with van der Waals surface area (Å²) in [4.78, 5) is 0. The molecule has 0 aliphatic heterocycles. The third-order valence-electron chi connectivity index (χ3n) is 3.20. The van der Waals surface area contributed by atoms with E-state index >= 15 is 0 Å². The molecule has 1 saturated carbocycles. The molecule has 0 bridgehead atoms. The Morgan fingerprint density at radius 2 is 1.88 bits per heavy atom. The van der Waals surface area contributed by atoms with Crippen LogP contribution in [0.5, 0.6) is 0 Å². The minimum atomic E-state index is -2.42. The van der Waals surface area contributed by atoms with E-state index in [2.05, 4.69) is 0 Å². The van der Waals surface area contributed by atoms with E-state index in [1.807, 2.05) is 30.3 Å². The van der Waals surface area contributed by atoms with Gasteiger partial charge in [-0.1, -0.05) is 0 Å². The van der Waals surface area contributed by atoms with Crippen LogP contribution in [0.25, 0.3) is 0 Å². The van der Waals surface area contributed by atoms with Gasteiger partial charge in [0.25, 0.3) is 0 Å². The summed E-state index contributed by atoms with van der Waals surface area (Å²) in [6.07, 6.45) is 4.80. The SMILES string of the molecule is COC1CCCCC1[Te](=O)c1ccccc1. The second kappa shape index (κ2) is 5.91. The predicted octanol–water partition coefficient (Wildman–Crippen LogP) is 2.27. The van der Waals surface area contributed by atoms with Gasteiger partial charge in [-0.2, -0.15) is 0 Å². The van der Waals surface area contributed by atoms with Crippen molar-refractivity contribution in [3.05, 3.63) is 30.3 Å². The maximum absolute atomic E-state index is 12.5. The summed E-state index contributed by atoms with van der Waals surface area (Å²) in [5.74, 6) is 0. The Kier molecular flexibility index (Phi) is 4.52. The first-order valence-corrected chi connectivity index (χ1v) is 9.27. The van der Waals surface area contributed by atoms with Crippen LogP contribution < -0.4 is 3.61 Å². The van der Waals surface area contributed by atoms with Crippen molar-refractivity contribution in [1.29, 1.82) is 0 Å². The number of hydrogen-bond acceptors (Lipinski definition) is 2. The first-order valence-electron chi connectivity index (χ1n) is 5.81. The second-order valence-electron chi connectivity index (χ2n) is 4.21. The van der Waals surface area contributed by atoms with E-state index in [9.17, 15) is 3.10 Å². The number of benzene rings is 1. The molecular weight excluding hydrogens is 316 g/mol. The molecule has 2 atom stereocenters. The first-order chi connectivity index (χ1) is 7.83. The molecule has 1 fully saturated rings. The van der Waals surface area contributed by atoms with Crippen LogP contribution in [0.4, 0.5) is 0 Å². The molecule has 0 N–H and O–H groups in total. The zero-order valence-corrected chi connectivity index (χ0v) is 11.9. The third-order valence-corrected chi connectivity index (χ3v) is 8.41. The molecule has 1 aromatic rings. The van der Waals surface area contributed by atoms with Gasteiger partial charge in [0.2, 0.25) is 0 Å². The van der Waals surface area contributed by atoms with E-state index < -0.39 is 19.5 Å². The fourth-order valence-corrected chi connectivity index (χ4v) is 7.10. The Balaban J connectivity index is 2.14. The van der Waals surface area contributed by atoms with Crippen LogP contribution in [-0.2, 0) is 7.84 Å². The van der Waals surface area contributed by atoms with Crippen molar-refractivity contribution >= 4 is 23.1 Å². The molecule has 3 heteroatoms. The average Bonchev–Trinajstić information content (AvgIpc) is 2.39. The fraction of sp³-hybridized carbons (Fsp3) is 0.538. The monoisotopic (exact) mass is 336 g/mol. The molecule has 0 amide bonds. The van der Waals surface area contributed by atoms with Crippen molar-refractivity contribution in [2.24, 2.45) is 0 Å². The van der Waals surface area contributed by atoms with Gasteiger partial charge < -0.3 is 0 Å². The van der Waals surface area contributed by atoms with Crippen molar-refractivity contribution in [2.45, 2.75) is 35.8 Å². The van der Waals surface area contributed by atoms with E-state index in [0.717, 1.165) is 16.5 Å². The van der Waals surface area contributed by atoms with E-state index in [0.29, 0.717) is 3.97 Å². The number of rotatable bonds is 3. The quantitative estimate of drug-likeness (QED) is 0.793. The van der Waals surface area contributed by atoms with Crippen molar-refractivity contribution in [3.63, 3.8) is 0 Å². The van der Waals surface area contributed by atoms with E-state index in [-0.39, 0.29) is 6.10 Å². The van der Waals surface area contributed by atoms with Gasteiger partial charge in [-0.05, 0) is 0 Å². The zero-order chi connectivity index (χ0) is 11.4. The van der Waals surface area contributed by atoms with Gasteiger partial charge in [0.15, 0.2) is 0 Å². The van der Waals surface area contributed by atoms with Gasteiger partial charge in [0.05, 0.1) is 0 Å². The van der Waals surface area contributed by atoms with Gasteiger partial charge in [-0.15, -0.1) is 0 Å². The molecule has 1 aliphatic carbocycles. The van der Waals surface area contributed by atoms with Gasteiger partial charge in [0.1, 0.15) is 0 Å². The topological polar surface area (TPSA) is 26.3 Å². The van der Waals surface area contributed by atoms with Gasteiger partial charge >= 0.3 is 104 Å². The maximum atomic E-state index is 12.5. The summed E-state index contributed by atoms with van der Waals surface area (Å²) in [5, 5.41) is 0.